The van der Waals surface area contributed by atoms with Crippen LogP contribution in [0.2, 0.25) is 0 Å². The molecule has 2 saturated heterocycles. The molecule has 10 atom stereocenters. The van der Waals surface area contributed by atoms with Crippen LogP contribution in [0.25, 0.3) is 0 Å². The molecule has 0 aromatic heterocycles. The minimum Gasteiger partial charge on any atom is -1.00 e. The van der Waals surface area contributed by atoms with Gasteiger partial charge in [-0.05, 0) is 0 Å². The van der Waals surface area contributed by atoms with Crippen LogP contribution < -0.4 is 139 Å². The molecule has 0 radical (unpaired) electrons. The summed E-state index contributed by atoms with van der Waals surface area (Å²) in [7, 11) is -5.17. The van der Waals surface area contributed by atoms with E-state index in [4.69, 9.17) is 58.9 Å². The summed E-state index contributed by atoms with van der Waals surface area (Å²) < 4.78 is 43.5. The van der Waals surface area contributed by atoms with Gasteiger partial charge in [0.1, 0.15) is 36.6 Å². The largest absolute Gasteiger partial charge is 1.00 e. The molecule has 12 N–H and O–H groups in total. The maximum atomic E-state index is 9.20. The van der Waals surface area contributed by atoms with Crippen molar-refractivity contribution in [2.75, 3.05) is 13.2 Å². The number of rotatable bonds is 2. The Balaban J connectivity index is -0.000000120. The molecule has 2 aliphatic heterocycles. The summed E-state index contributed by atoms with van der Waals surface area (Å²) in [6.45, 7) is -0.940. The fourth-order valence-electron chi connectivity index (χ4n) is 2.24. The number of nitrogens with two attached hydrogens (primary N) is 2. The molecule has 2 heterocycles. The third-order valence-corrected chi connectivity index (χ3v) is 3.90. The summed E-state index contributed by atoms with van der Waals surface area (Å²) in [4.78, 5) is 0. The van der Waals surface area contributed by atoms with Gasteiger partial charge in [0, 0.05) is 10.4 Å². The van der Waals surface area contributed by atoms with Gasteiger partial charge in [-0.3, -0.25) is 8.42 Å². The van der Waals surface area contributed by atoms with Gasteiger partial charge in [0.2, 0.25) is 0 Å². The first-order valence-electron chi connectivity index (χ1n) is 7.94. The third-order valence-electron chi connectivity index (χ3n) is 3.90. The van der Waals surface area contributed by atoms with Crippen LogP contribution in [0, 0.1) is 0 Å². The van der Waals surface area contributed by atoms with E-state index in [0.29, 0.717) is 0 Å². The van der Waals surface area contributed by atoms with Crippen molar-refractivity contribution in [3.63, 3.8) is 0 Å². The van der Waals surface area contributed by atoms with Gasteiger partial charge < -0.3 is 95.7 Å². The zero-order valence-electron chi connectivity index (χ0n) is 17.5. The van der Waals surface area contributed by atoms with Crippen LogP contribution >= 0.6 is 0 Å². The van der Waals surface area contributed by atoms with E-state index in [1.165, 1.54) is 0 Å². The van der Waals surface area contributed by atoms with E-state index in [-0.39, 0.29) is 128 Å². The molecule has 0 saturated carbocycles. The van der Waals surface area contributed by atoms with Crippen LogP contribution in [0.5, 0.6) is 0 Å². The summed E-state index contributed by atoms with van der Waals surface area (Å²) >= 11 is 0. The van der Waals surface area contributed by atoms with Gasteiger partial charge >= 0.3 is 103 Å². The molecule has 0 aromatic rings. The second-order valence-corrected chi connectivity index (χ2v) is 6.84. The summed E-state index contributed by atoms with van der Waals surface area (Å²) in [6.07, 6.45) is -9.70. The second-order valence-electron chi connectivity index (χ2n) is 6.02. The predicted octanol–water partition coefficient (Wildman–Crippen LogP) is -19.8. The van der Waals surface area contributed by atoms with Gasteiger partial charge in [0.25, 0.3) is 0 Å². The third kappa shape index (κ3) is 17.4. The maximum absolute atomic E-state index is 9.20. The number of hydrogen-bond donors (Lipinski definition) is 10. The minimum atomic E-state index is -5.17. The summed E-state index contributed by atoms with van der Waals surface area (Å²) in [5.74, 6) is 0. The predicted molar refractivity (Wildman–Crippen MR) is 86.4 cm³/mol. The van der Waals surface area contributed by atoms with Crippen molar-refractivity contribution in [2.24, 2.45) is 11.5 Å². The first-order chi connectivity index (χ1) is 13.1. The molecule has 192 valence electrons. The van der Waals surface area contributed by atoms with Crippen molar-refractivity contribution in [3.8, 4) is 0 Å². The average molecular weight is 604 g/mol. The molecule has 2 fully saturated rings. The molecule has 0 spiro atoms. The summed E-state index contributed by atoms with van der Waals surface area (Å²) in [6, 6.07) is -2.08. The standard InChI is InChI=1S/2C6H13NO5.2ClH.2K.H2O4S/c2*7-3-5(10)4(9)2(1-8)12-6(3)11;;;;;1-5(2,3)4/h2*2-6,8-11H,1,7H2;2*1H;;;(H2,1,2,3,4)/q;;;;2*+1;/p-4/t2*2-,3-,4-,5-,6-;;;;;/m11...../s1. The molecule has 0 aliphatic carbocycles. The van der Waals surface area contributed by atoms with Gasteiger partial charge in [0.05, 0.1) is 25.3 Å². The van der Waals surface area contributed by atoms with Gasteiger partial charge in [-0.1, -0.05) is 0 Å². The molecule has 21 heteroatoms. The molecule has 2 rings (SSSR count). The quantitative estimate of drug-likeness (QED) is 0.0795. The molecule has 33 heavy (non-hydrogen) atoms. The molecule has 0 bridgehead atoms. The fraction of sp³-hybridized carbons (Fsp3) is 1.00. The molecule has 2 aliphatic rings. The van der Waals surface area contributed by atoms with E-state index in [1.54, 1.807) is 0 Å². The van der Waals surface area contributed by atoms with Crippen molar-refractivity contribution < 1.29 is 195 Å². The molecular formula is C12H26Cl2K2N2O14S-2. The summed E-state index contributed by atoms with van der Waals surface area (Å²) in [5, 5.41) is 72.1. The smallest absolute Gasteiger partial charge is 1.00 e. The van der Waals surface area contributed by atoms with Crippen molar-refractivity contribution in [1.29, 1.82) is 0 Å². The summed E-state index contributed by atoms with van der Waals surface area (Å²) in [5.41, 5.74) is 10.5. The Bertz CT molecular complexity index is 537. The monoisotopic (exact) mass is 602 g/mol. The zero-order chi connectivity index (χ0) is 23.1. The molecular weight excluding hydrogens is 577 g/mol. The minimum absolute atomic E-state index is 0. The van der Waals surface area contributed by atoms with Crippen LogP contribution in [-0.2, 0) is 19.9 Å². The van der Waals surface area contributed by atoms with Gasteiger partial charge in [-0.25, -0.2) is 0 Å². The van der Waals surface area contributed by atoms with E-state index < -0.39 is 84.9 Å². The number of hydrogen-bond acceptors (Lipinski definition) is 16. The first kappa shape index (κ1) is 46.1. The number of aliphatic hydroxyl groups is 8. The molecule has 0 aromatic carbocycles. The Hall–Kier alpha value is 3.24. The Labute approximate surface area is 287 Å². The van der Waals surface area contributed by atoms with E-state index in [1.807, 2.05) is 0 Å². The Morgan fingerprint density at radius 2 is 0.879 bits per heavy atom. The van der Waals surface area contributed by atoms with Crippen molar-refractivity contribution in [1.82, 2.24) is 0 Å². The SMILES string of the molecule is N[C@@H]1[C@@H](O)[C@H](O)[C@@H](CO)O[C@H]1O.N[C@@H]1[C@@H](O)[C@H](O)[C@@H](CO)O[C@H]1O.O=S(=O)([O-])[O-].[Cl-].[Cl-].[K+].[K+]. The Kier molecular flexibility index (Phi) is 30.9. The average Bonchev–Trinajstić information content (AvgIpc) is 2.63. The van der Waals surface area contributed by atoms with Crippen LogP contribution in [0.4, 0.5) is 0 Å². The molecule has 16 nitrogen and oxygen atoms in total. The van der Waals surface area contributed by atoms with E-state index >= 15 is 0 Å². The van der Waals surface area contributed by atoms with Crippen LogP contribution in [0.15, 0.2) is 0 Å². The Morgan fingerprint density at radius 1 is 0.667 bits per heavy atom. The van der Waals surface area contributed by atoms with Crippen molar-refractivity contribution in [2.45, 2.75) is 61.3 Å². The number of aliphatic hydroxyl groups excluding tert-OH is 8. The Morgan fingerprint density at radius 3 is 1.06 bits per heavy atom. The molecule has 0 amide bonds. The second kappa shape index (κ2) is 22.1. The molecule has 0 unspecified atom stereocenters. The maximum Gasteiger partial charge on any atom is 1.00 e. The van der Waals surface area contributed by atoms with Gasteiger partial charge in [0.15, 0.2) is 12.6 Å². The van der Waals surface area contributed by atoms with Crippen molar-refractivity contribution in [3.05, 3.63) is 0 Å². The van der Waals surface area contributed by atoms with Crippen LogP contribution in [0.1, 0.15) is 0 Å². The van der Waals surface area contributed by atoms with E-state index in [9.17, 15) is 20.4 Å². The van der Waals surface area contributed by atoms with E-state index in [2.05, 4.69) is 0 Å². The normalized spacial score (nSPS) is 37.6. The van der Waals surface area contributed by atoms with Crippen LogP contribution in [-0.4, -0.2) is 133 Å². The number of halogens is 2. The number of ether oxygens (including phenoxy) is 2. The van der Waals surface area contributed by atoms with Crippen LogP contribution in [0.3, 0.4) is 0 Å². The topological polar surface area (TPSA) is 313 Å². The zero-order valence-corrected chi connectivity index (χ0v) is 26.1. The van der Waals surface area contributed by atoms with Crippen molar-refractivity contribution >= 4 is 10.4 Å². The first-order valence-corrected chi connectivity index (χ1v) is 9.27. The fourth-order valence-corrected chi connectivity index (χ4v) is 2.24. The van der Waals surface area contributed by atoms with E-state index in [0.717, 1.165) is 0 Å². The van der Waals surface area contributed by atoms with Gasteiger partial charge in [-0.2, -0.15) is 0 Å². The van der Waals surface area contributed by atoms with Gasteiger partial charge in [-0.15, -0.1) is 0 Å².